The average Bonchev–Trinajstić information content (AvgIpc) is 2.90. The van der Waals surface area contributed by atoms with E-state index in [1.807, 2.05) is 74.5 Å². The first-order valence-electron chi connectivity index (χ1n) is 12.9. The van der Waals surface area contributed by atoms with E-state index in [1.165, 1.54) is 0 Å². The van der Waals surface area contributed by atoms with E-state index in [9.17, 15) is 14.7 Å². The van der Waals surface area contributed by atoms with Crippen LogP contribution in [0.25, 0.3) is 0 Å². The topological polar surface area (TPSA) is 91.3 Å². The number of nitrogens with one attached hydrogen (secondary N) is 1. The summed E-state index contributed by atoms with van der Waals surface area (Å²) in [4.78, 5) is 28.9. The lowest BCUT2D eigenvalue weighted by Gasteiger charge is -2.46. The molecule has 2 heterocycles. The number of hydrogen-bond donors (Lipinski definition) is 2. The normalized spacial score (nSPS) is 17.9. The molecule has 1 saturated heterocycles. The van der Waals surface area contributed by atoms with Crippen LogP contribution in [0.5, 0.6) is 11.5 Å². The first-order chi connectivity index (χ1) is 18.6. The monoisotopic (exact) mass is 549 g/mol. The highest BCUT2D eigenvalue weighted by atomic mass is 35.5. The number of methoxy groups -OCH3 is 1. The Morgan fingerprint density at radius 3 is 2.33 bits per heavy atom. The number of anilines is 1. The Morgan fingerprint density at radius 2 is 1.74 bits per heavy atom. The van der Waals surface area contributed by atoms with Gasteiger partial charge in [-0.05, 0) is 72.5 Å². The summed E-state index contributed by atoms with van der Waals surface area (Å²) in [5.74, 6) is 1.13. The summed E-state index contributed by atoms with van der Waals surface area (Å²) in [7, 11) is 3.15. The molecule has 0 saturated carbocycles. The molecule has 3 amide bonds. The second-order valence-electron chi connectivity index (χ2n) is 10.3. The van der Waals surface area contributed by atoms with Crippen LogP contribution in [0.2, 0.25) is 5.02 Å². The van der Waals surface area contributed by atoms with Gasteiger partial charge < -0.3 is 29.7 Å². The fourth-order valence-electron chi connectivity index (χ4n) is 5.33. The molecule has 2 N–H and O–H groups in total. The van der Waals surface area contributed by atoms with Gasteiger partial charge in [0.25, 0.3) is 0 Å². The van der Waals surface area contributed by atoms with Crippen molar-refractivity contribution in [2.75, 3.05) is 32.1 Å². The molecule has 5 rings (SSSR count). The first kappa shape index (κ1) is 26.8. The van der Waals surface area contributed by atoms with Gasteiger partial charge in [-0.1, -0.05) is 35.9 Å². The number of hydrogen-bond acceptors (Lipinski definition) is 5. The molecule has 0 aromatic heterocycles. The van der Waals surface area contributed by atoms with Gasteiger partial charge in [0.1, 0.15) is 5.60 Å². The molecule has 2 aliphatic rings. The lowest BCUT2D eigenvalue weighted by Crippen LogP contribution is -2.62. The van der Waals surface area contributed by atoms with Crippen LogP contribution in [0, 0.1) is 0 Å². The molecule has 3 aromatic rings. The average molecular weight is 550 g/mol. The van der Waals surface area contributed by atoms with Gasteiger partial charge in [-0.2, -0.15) is 0 Å². The number of β-amino-alcohol motifs (C(OH)–C–C–N with tert-alkyl or cyclic N) is 1. The number of carbonyl (C=O) groups is 2. The number of likely N-dealkylation sites (tertiary alicyclic amines) is 1. The van der Waals surface area contributed by atoms with Crippen molar-refractivity contribution in [3.63, 3.8) is 0 Å². The molecular formula is C30H32ClN3O5. The molecule has 0 radical (unpaired) electrons. The van der Waals surface area contributed by atoms with Gasteiger partial charge in [0.05, 0.1) is 38.8 Å². The molecule has 0 aliphatic carbocycles. The zero-order valence-electron chi connectivity index (χ0n) is 22.4. The van der Waals surface area contributed by atoms with Crippen LogP contribution >= 0.6 is 11.6 Å². The number of ether oxygens (including phenoxy) is 2. The van der Waals surface area contributed by atoms with Gasteiger partial charge in [-0.3, -0.25) is 4.79 Å². The van der Waals surface area contributed by atoms with Gasteiger partial charge in [0.15, 0.2) is 11.5 Å². The Hall–Kier alpha value is -3.75. The van der Waals surface area contributed by atoms with Crippen LogP contribution < -0.4 is 19.7 Å². The summed E-state index contributed by atoms with van der Waals surface area (Å²) >= 11 is 6.20. The number of benzene rings is 3. The lowest BCUT2D eigenvalue weighted by atomic mass is 9.85. The highest BCUT2D eigenvalue weighted by Gasteiger charge is 2.45. The molecule has 204 valence electrons. The molecule has 39 heavy (non-hydrogen) atoms. The van der Waals surface area contributed by atoms with Crippen molar-refractivity contribution in [3.05, 3.63) is 87.9 Å². The number of rotatable bonds is 6. The Balaban J connectivity index is 1.55. The fraction of sp³-hybridized carbons (Fsp3) is 0.333. The maximum atomic E-state index is 13.7. The summed E-state index contributed by atoms with van der Waals surface area (Å²) in [6, 6.07) is 18.0. The summed E-state index contributed by atoms with van der Waals surface area (Å²) in [5, 5.41) is 14.2. The molecule has 1 fully saturated rings. The third-order valence-electron chi connectivity index (χ3n) is 7.23. The minimum Gasteiger partial charge on any atom is -0.493 e. The lowest BCUT2D eigenvalue weighted by molar-refractivity contribution is -0.118. The fourth-order valence-corrected chi connectivity index (χ4v) is 5.46. The zero-order valence-corrected chi connectivity index (χ0v) is 23.2. The SMILES string of the molecule is CNC(=O)N1CC(O)(c2ccc(N3C(=O)Cc4cc(OC)c(OC(C)C)cc4[C@@H]3c3ccc(Cl)cc3)cc2)C1. The van der Waals surface area contributed by atoms with E-state index in [4.69, 9.17) is 21.1 Å². The van der Waals surface area contributed by atoms with Gasteiger partial charge >= 0.3 is 6.03 Å². The highest BCUT2D eigenvalue weighted by Crippen LogP contribution is 2.44. The summed E-state index contributed by atoms with van der Waals surface area (Å²) in [6.45, 7) is 4.32. The molecule has 3 aromatic carbocycles. The van der Waals surface area contributed by atoms with Crippen LogP contribution in [0.3, 0.4) is 0 Å². The van der Waals surface area contributed by atoms with E-state index < -0.39 is 11.6 Å². The van der Waals surface area contributed by atoms with E-state index in [0.717, 1.165) is 16.7 Å². The third-order valence-corrected chi connectivity index (χ3v) is 7.48. The molecule has 0 bridgehead atoms. The highest BCUT2D eigenvalue weighted by molar-refractivity contribution is 6.30. The summed E-state index contributed by atoms with van der Waals surface area (Å²) in [6.07, 6.45) is 0.140. The van der Waals surface area contributed by atoms with Crippen LogP contribution in [0.4, 0.5) is 10.5 Å². The maximum absolute atomic E-state index is 13.7. The molecule has 9 heteroatoms. The van der Waals surface area contributed by atoms with Crippen molar-refractivity contribution in [2.24, 2.45) is 0 Å². The molecular weight excluding hydrogens is 518 g/mol. The van der Waals surface area contributed by atoms with Crippen LogP contribution in [-0.4, -0.2) is 55.3 Å². The van der Waals surface area contributed by atoms with Gasteiger partial charge in [-0.25, -0.2) is 4.79 Å². The van der Waals surface area contributed by atoms with E-state index in [2.05, 4.69) is 5.32 Å². The summed E-state index contributed by atoms with van der Waals surface area (Å²) in [5.41, 5.74) is 2.98. The van der Waals surface area contributed by atoms with Gasteiger partial charge in [0.2, 0.25) is 5.91 Å². The van der Waals surface area contributed by atoms with E-state index in [-0.39, 0.29) is 37.6 Å². The second kappa shape index (κ2) is 10.4. The molecule has 2 aliphatic heterocycles. The Kier molecular flexibility index (Phi) is 7.18. The Bertz CT molecular complexity index is 1380. The van der Waals surface area contributed by atoms with Crippen molar-refractivity contribution < 1.29 is 24.2 Å². The minimum absolute atomic E-state index is 0.0589. The molecule has 8 nitrogen and oxygen atoms in total. The van der Waals surface area contributed by atoms with Crippen LogP contribution in [0.15, 0.2) is 60.7 Å². The van der Waals surface area contributed by atoms with Crippen LogP contribution in [0.1, 0.15) is 42.1 Å². The van der Waals surface area contributed by atoms with Crippen molar-refractivity contribution in [1.29, 1.82) is 0 Å². The van der Waals surface area contributed by atoms with E-state index in [0.29, 0.717) is 27.8 Å². The van der Waals surface area contributed by atoms with E-state index in [1.54, 1.807) is 24.0 Å². The molecule has 0 spiro atoms. The first-order valence-corrected chi connectivity index (χ1v) is 13.3. The van der Waals surface area contributed by atoms with Crippen molar-refractivity contribution in [3.8, 4) is 11.5 Å². The van der Waals surface area contributed by atoms with Gasteiger partial charge in [-0.15, -0.1) is 0 Å². The number of aliphatic hydroxyl groups is 1. The predicted molar refractivity (Wildman–Crippen MR) is 150 cm³/mol. The van der Waals surface area contributed by atoms with Gasteiger partial charge in [0, 0.05) is 17.8 Å². The number of urea groups is 1. The standard InChI is InChI=1S/C30H32ClN3O5/c1-18(2)39-26-15-24-20(13-25(26)38-4)14-27(35)34(28(24)19-5-9-22(31)10-6-19)23-11-7-21(8-12-23)30(37)16-33(17-30)29(36)32-3/h5-13,15,18,28,37H,14,16-17H2,1-4H3,(H,32,36)/t28-/m0/s1. The smallest absolute Gasteiger partial charge is 0.317 e. The van der Waals surface area contributed by atoms with Crippen molar-refractivity contribution >= 4 is 29.2 Å². The zero-order chi connectivity index (χ0) is 27.9. The molecule has 1 atom stereocenters. The summed E-state index contributed by atoms with van der Waals surface area (Å²) < 4.78 is 11.7. The maximum Gasteiger partial charge on any atom is 0.317 e. The second-order valence-corrected chi connectivity index (χ2v) is 10.7. The minimum atomic E-state index is -1.13. The number of amides is 3. The number of carbonyl (C=O) groups excluding carboxylic acids is 2. The Labute approximate surface area is 233 Å². The molecule has 0 unspecified atom stereocenters. The third kappa shape index (κ3) is 5.02. The number of fused-ring (bicyclic) bond motifs is 1. The number of halogens is 1. The van der Waals surface area contributed by atoms with E-state index >= 15 is 0 Å². The van der Waals surface area contributed by atoms with Crippen LogP contribution in [-0.2, 0) is 16.8 Å². The van der Waals surface area contributed by atoms with Crippen molar-refractivity contribution in [2.45, 2.75) is 38.0 Å². The predicted octanol–water partition coefficient (Wildman–Crippen LogP) is 4.66. The van der Waals surface area contributed by atoms with Crippen molar-refractivity contribution in [1.82, 2.24) is 10.2 Å². The Morgan fingerprint density at radius 1 is 1.08 bits per heavy atom. The number of nitrogens with zero attached hydrogens (tertiary/aromatic N) is 2. The largest absolute Gasteiger partial charge is 0.493 e. The quantitative estimate of drug-likeness (QED) is 0.467.